The first-order valence-corrected chi connectivity index (χ1v) is 8.56. The van der Waals surface area contributed by atoms with Crippen LogP contribution in [0.25, 0.3) is 0 Å². The molecule has 0 unspecified atom stereocenters. The van der Waals surface area contributed by atoms with E-state index in [0.717, 1.165) is 10.0 Å². The molecule has 0 atom stereocenters. The normalized spacial score (nSPS) is 10.6. The molecule has 0 aliphatic rings. The van der Waals surface area contributed by atoms with Crippen LogP contribution in [-0.4, -0.2) is 26.0 Å². The van der Waals surface area contributed by atoms with Crippen LogP contribution in [-0.2, 0) is 0 Å². The number of carbonyl (C=O) groups excluding carboxylic acids is 1. The number of benzene rings is 2. The maximum atomic E-state index is 11.8. The van der Waals surface area contributed by atoms with Gasteiger partial charge in [0.2, 0.25) is 0 Å². The van der Waals surface area contributed by atoms with Crippen molar-refractivity contribution in [3.63, 3.8) is 0 Å². The standard InChI is InChI=1S/C17H17BrClN3O3/c1-3-25-16-14(18)8-11(9-15(16)24-2)10-20-22-17(23)21-13-6-4-12(19)5-7-13/h4-10H,3H2,1-2H3,(H2,21,22,23)/b20-10-. The van der Waals surface area contributed by atoms with Gasteiger partial charge in [-0.1, -0.05) is 11.6 Å². The molecule has 0 saturated carbocycles. The van der Waals surface area contributed by atoms with E-state index < -0.39 is 6.03 Å². The van der Waals surface area contributed by atoms with Crippen molar-refractivity contribution in [1.29, 1.82) is 0 Å². The molecule has 0 saturated heterocycles. The van der Waals surface area contributed by atoms with Crippen LogP contribution < -0.4 is 20.2 Å². The van der Waals surface area contributed by atoms with Crippen LogP contribution in [0, 0.1) is 0 Å². The Morgan fingerprint density at radius 3 is 2.68 bits per heavy atom. The van der Waals surface area contributed by atoms with Crippen molar-refractivity contribution in [3.8, 4) is 11.5 Å². The van der Waals surface area contributed by atoms with E-state index in [0.29, 0.717) is 28.8 Å². The molecule has 2 N–H and O–H groups in total. The molecule has 2 amide bonds. The van der Waals surface area contributed by atoms with E-state index in [4.69, 9.17) is 21.1 Å². The van der Waals surface area contributed by atoms with Crippen LogP contribution in [0.3, 0.4) is 0 Å². The van der Waals surface area contributed by atoms with Crippen LogP contribution in [0.1, 0.15) is 12.5 Å². The number of rotatable bonds is 6. The number of hydrazone groups is 1. The molecule has 2 rings (SSSR count). The van der Waals surface area contributed by atoms with Crippen molar-refractivity contribution in [1.82, 2.24) is 5.43 Å². The number of amides is 2. The second-order valence-corrected chi connectivity index (χ2v) is 6.09. The lowest BCUT2D eigenvalue weighted by atomic mass is 10.2. The van der Waals surface area contributed by atoms with Gasteiger partial charge in [-0.25, -0.2) is 10.2 Å². The fourth-order valence-corrected chi connectivity index (χ4v) is 2.66. The molecule has 2 aromatic rings. The van der Waals surface area contributed by atoms with Gasteiger partial charge in [0.1, 0.15) is 0 Å². The van der Waals surface area contributed by atoms with Gasteiger partial charge in [0, 0.05) is 10.7 Å². The van der Waals surface area contributed by atoms with Crippen molar-refractivity contribution in [2.24, 2.45) is 5.10 Å². The zero-order valence-electron chi connectivity index (χ0n) is 13.7. The highest BCUT2D eigenvalue weighted by atomic mass is 79.9. The summed E-state index contributed by atoms with van der Waals surface area (Å²) in [6.45, 7) is 2.42. The van der Waals surface area contributed by atoms with Crippen LogP contribution in [0.2, 0.25) is 5.02 Å². The van der Waals surface area contributed by atoms with E-state index in [1.165, 1.54) is 6.21 Å². The number of urea groups is 1. The van der Waals surface area contributed by atoms with Gasteiger partial charge in [-0.3, -0.25) is 0 Å². The van der Waals surface area contributed by atoms with Crippen LogP contribution in [0.15, 0.2) is 46.0 Å². The highest BCUT2D eigenvalue weighted by Crippen LogP contribution is 2.36. The monoisotopic (exact) mass is 425 g/mol. The zero-order valence-corrected chi connectivity index (χ0v) is 16.0. The van der Waals surface area contributed by atoms with Crippen molar-refractivity contribution >= 4 is 45.5 Å². The summed E-state index contributed by atoms with van der Waals surface area (Å²) >= 11 is 9.23. The lowest BCUT2D eigenvalue weighted by Gasteiger charge is -2.12. The third-order valence-corrected chi connectivity index (χ3v) is 3.86. The van der Waals surface area contributed by atoms with E-state index in [1.54, 1.807) is 37.4 Å². The van der Waals surface area contributed by atoms with Gasteiger partial charge in [-0.15, -0.1) is 0 Å². The van der Waals surface area contributed by atoms with Crippen LogP contribution >= 0.6 is 27.5 Å². The summed E-state index contributed by atoms with van der Waals surface area (Å²) in [6, 6.07) is 9.87. The van der Waals surface area contributed by atoms with Crippen LogP contribution in [0.5, 0.6) is 11.5 Å². The Labute approximate surface area is 159 Å². The first-order valence-electron chi connectivity index (χ1n) is 7.39. The largest absolute Gasteiger partial charge is 0.493 e. The Morgan fingerprint density at radius 1 is 1.32 bits per heavy atom. The lowest BCUT2D eigenvalue weighted by molar-refractivity contribution is 0.252. The SMILES string of the molecule is CCOc1c(Br)cc(/C=N\NC(=O)Nc2ccc(Cl)cc2)cc1OC. The summed E-state index contributed by atoms with van der Waals surface area (Å²) in [5, 5.41) is 7.15. The molecule has 8 heteroatoms. The number of ether oxygens (including phenoxy) is 2. The number of halogens is 2. The molecule has 0 aromatic heterocycles. The molecule has 0 aliphatic heterocycles. The number of hydrogen-bond acceptors (Lipinski definition) is 4. The van der Waals surface area contributed by atoms with Crippen molar-refractivity contribution in [2.45, 2.75) is 6.92 Å². The maximum absolute atomic E-state index is 11.8. The van der Waals surface area contributed by atoms with Gasteiger partial charge in [-0.05, 0) is 64.8 Å². The van der Waals surface area contributed by atoms with E-state index in [9.17, 15) is 4.79 Å². The molecular formula is C17H17BrClN3O3. The average molecular weight is 427 g/mol. The van der Waals surface area contributed by atoms with Gasteiger partial charge in [0.25, 0.3) is 0 Å². The Bertz CT molecular complexity index is 766. The van der Waals surface area contributed by atoms with E-state index in [-0.39, 0.29) is 0 Å². The number of nitrogens with zero attached hydrogens (tertiary/aromatic N) is 1. The molecule has 0 fully saturated rings. The number of carbonyl (C=O) groups is 1. The second-order valence-electron chi connectivity index (χ2n) is 4.80. The second kappa shape index (κ2) is 9.29. The fraction of sp³-hybridized carbons (Fsp3) is 0.176. The number of nitrogens with one attached hydrogen (secondary N) is 2. The summed E-state index contributed by atoms with van der Waals surface area (Å²) in [7, 11) is 1.56. The van der Waals surface area contributed by atoms with Gasteiger partial charge in [0.15, 0.2) is 11.5 Å². The molecule has 0 aliphatic carbocycles. The molecule has 2 aromatic carbocycles. The smallest absolute Gasteiger partial charge is 0.339 e. The Kier molecular flexibility index (Phi) is 7.09. The third kappa shape index (κ3) is 5.65. The first kappa shape index (κ1) is 19.1. The Balaban J connectivity index is 2.00. The van der Waals surface area contributed by atoms with Gasteiger partial charge in [-0.2, -0.15) is 5.10 Å². The summed E-state index contributed by atoms with van der Waals surface area (Å²) < 4.78 is 11.6. The van der Waals surface area contributed by atoms with E-state index in [2.05, 4.69) is 31.8 Å². The van der Waals surface area contributed by atoms with Gasteiger partial charge >= 0.3 is 6.03 Å². The molecule has 6 nitrogen and oxygen atoms in total. The predicted molar refractivity (Wildman–Crippen MR) is 103 cm³/mol. The number of hydrogen-bond donors (Lipinski definition) is 2. The van der Waals surface area contributed by atoms with Gasteiger partial charge < -0.3 is 14.8 Å². The Morgan fingerprint density at radius 2 is 2.04 bits per heavy atom. The molecule has 0 heterocycles. The minimum atomic E-state index is -0.462. The topological polar surface area (TPSA) is 72.0 Å². The van der Waals surface area contributed by atoms with Crippen molar-refractivity contribution < 1.29 is 14.3 Å². The van der Waals surface area contributed by atoms with Crippen molar-refractivity contribution in [2.75, 3.05) is 19.0 Å². The van der Waals surface area contributed by atoms with Crippen molar-refractivity contribution in [3.05, 3.63) is 51.5 Å². The van der Waals surface area contributed by atoms with Gasteiger partial charge in [0.05, 0.1) is 24.4 Å². The van der Waals surface area contributed by atoms with Crippen LogP contribution in [0.4, 0.5) is 10.5 Å². The lowest BCUT2D eigenvalue weighted by Crippen LogP contribution is -2.24. The third-order valence-electron chi connectivity index (χ3n) is 3.02. The number of anilines is 1. The fourth-order valence-electron chi connectivity index (χ4n) is 1.96. The molecule has 132 valence electrons. The molecule has 0 bridgehead atoms. The molecule has 25 heavy (non-hydrogen) atoms. The van der Waals surface area contributed by atoms with E-state index >= 15 is 0 Å². The first-order chi connectivity index (χ1) is 12.0. The summed E-state index contributed by atoms with van der Waals surface area (Å²) in [5.41, 5.74) is 3.74. The van der Waals surface area contributed by atoms with E-state index in [1.807, 2.05) is 13.0 Å². The zero-order chi connectivity index (χ0) is 18.2. The highest BCUT2D eigenvalue weighted by molar-refractivity contribution is 9.10. The maximum Gasteiger partial charge on any atom is 0.339 e. The summed E-state index contributed by atoms with van der Waals surface area (Å²) in [4.78, 5) is 11.8. The minimum Gasteiger partial charge on any atom is -0.493 e. The quantitative estimate of drug-likeness (QED) is 0.521. The highest BCUT2D eigenvalue weighted by Gasteiger charge is 2.10. The molecule has 0 spiro atoms. The number of methoxy groups -OCH3 is 1. The Hall–Kier alpha value is -2.25. The summed E-state index contributed by atoms with van der Waals surface area (Å²) in [5.74, 6) is 1.19. The molecular weight excluding hydrogens is 410 g/mol. The average Bonchev–Trinajstić information content (AvgIpc) is 2.59. The summed E-state index contributed by atoms with van der Waals surface area (Å²) in [6.07, 6.45) is 1.50. The predicted octanol–water partition coefficient (Wildman–Crippen LogP) is 4.67. The molecule has 0 radical (unpaired) electrons. The minimum absolute atomic E-state index is 0.462.